The molecule has 0 saturated heterocycles. The van der Waals surface area contributed by atoms with Crippen molar-refractivity contribution in [3.05, 3.63) is 81.7 Å². The van der Waals surface area contributed by atoms with E-state index in [1.54, 1.807) is 18.2 Å². The molecule has 33 heavy (non-hydrogen) atoms. The van der Waals surface area contributed by atoms with Crippen LogP contribution in [-0.2, 0) is 6.42 Å². The molecule has 2 amide bonds. The SMILES string of the molecule is CCCCOc1ccccc1C(=O)NC(=S)Nc1sc(Cc2ccccc2)c(C)c1C(N)=O. The van der Waals surface area contributed by atoms with Gasteiger partial charge in [-0.2, -0.15) is 0 Å². The van der Waals surface area contributed by atoms with Crippen LogP contribution in [0, 0.1) is 6.92 Å². The lowest BCUT2D eigenvalue weighted by Gasteiger charge is -2.13. The zero-order valence-electron chi connectivity index (χ0n) is 18.6. The van der Waals surface area contributed by atoms with Crippen molar-refractivity contribution in [1.82, 2.24) is 5.32 Å². The molecule has 0 spiro atoms. The summed E-state index contributed by atoms with van der Waals surface area (Å²) in [6.07, 6.45) is 2.56. The minimum absolute atomic E-state index is 0.0818. The zero-order chi connectivity index (χ0) is 23.8. The van der Waals surface area contributed by atoms with E-state index in [1.165, 1.54) is 11.3 Å². The fourth-order valence-corrected chi connectivity index (χ4v) is 4.82. The monoisotopic (exact) mass is 481 g/mol. The quantitative estimate of drug-likeness (QED) is 0.294. The van der Waals surface area contributed by atoms with Gasteiger partial charge in [0.05, 0.1) is 17.7 Å². The average Bonchev–Trinajstić information content (AvgIpc) is 3.09. The van der Waals surface area contributed by atoms with Gasteiger partial charge in [-0.25, -0.2) is 0 Å². The molecule has 8 heteroatoms. The minimum Gasteiger partial charge on any atom is -0.493 e. The first-order chi connectivity index (χ1) is 15.9. The summed E-state index contributed by atoms with van der Waals surface area (Å²) >= 11 is 6.76. The molecular formula is C25H27N3O3S2. The Labute approximate surface area is 203 Å². The number of primary amides is 1. The van der Waals surface area contributed by atoms with Crippen molar-refractivity contribution in [3.8, 4) is 5.75 Å². The lowest BCUT2D eigenvalue weighted by atomic mass is 10.1. The van der Waals surface area contributed by atoms with Gasteiger partial charge in [-0.05, 0) is 48.8 Å². The maximum absolute atomic E-state index is 12.8. The molecule has 6 nitrogen and oxygen atoms in total. The van der Waals surface area contributed by atoms with Crippen molar-refractivity contribution < 1.29 is 14.3 Å². The van der Waals surface area contributed by atoms with Gasteiger partial charge in [0.2, 0.25) is 0 Å². The number of carbonyl (C=O) groups is 2. The summed E-state index contributed by atoms with van der Waals surface area (Å²) in [5.74, 6) is -0.437. The smallest absolute Gasteiger partial charge is 0.261 e. The molecule has 0 saturated carbocycles. The van der Waals surface area contributed by atoms with Crippen LogP contribution in [0.1, 0.15) is 56.5 Å². The van der Waals surface area contributed by atoms with E-state index in [0.717, 1.165) is 28.8 Å². The molecule has 4 N–H and O–H groups in total. The molecule has 3 rings (SSSR count). The molecule has 0 radical (unpaired) electrons. The van der Waals surface area contributed by atoms with E-state index in [9.17, 15) is 9.59 Å². The Kier molecular flexibility index (Phi) is 8.57. The number of unbranched alkanes of at least 4 members (excludes halogenated alkanes) is 1. The molecular weight excluding hydrogens is 454 g/mol. The molecule has 0 aliphatic heterocycles. The van der Waals surface area contributed by atoms with Gasteiger partial charge in [0.25, 0.3) is 11.8 Å². The summed E-state index contributed by atoms with van der Waals surface area (Å²) in [7, 11) is 0. The van der Waals surface area contributed by atoms with Gasteiger partial charge in [0, 0.05) is 11.3 Å². The lowest BCUT2D eigenvalue weighted by molar-refractivity contribution is 0.0971. The summed E-state index contributed by atoms with van der Waals surface area (Å²) in [6.45, 7) is 4.47. The van der Waals surface area contributed by atoms with Crippen molar-refractivity contribution in [2.75, 3.05) is 11.9 Å². The number of hydrogen-bond acceptors (Lipinski definition) is 5. The van der Waals surface area contributed by atoms with Crippen molar-refractivity contribution in [2.45, 2.75) is 33.1 Å². The van der Waals surface area contributed by atoms with E-state index >= 15 is 0 Å². The average molecular weight is 482 g/mol. The van der Waals surface area contributed by atoms with Crippen LogP contribution >= 0.6 is 23.6 Å². The summed E-state index contributed by atoms with van der Waals surface area (Å²) in [4.78, 5) is 26.0. The summed E-state index contributed by atoms with van der Waals surface area (Å²) < 4.78 is 5.74. The molecule has 0 fully saturated rings. The lowest BCUT2D eigenvalue weighted by Crippen LogP contribution is -2.34. The Morgan fingerprint density at radius 3 is 2.48 bits per heavy atom. The van der Waals surface area contributed by atoms with Gasteiger partial charge in [-0.1, -0.05) is 55.8 Å². The van der Waals surface area contributed by atoms with Crippen LogP contribution in [0.3, 0.4) is 0 Å². The van der Waals surface area contributed by atoms with Crippen LogP contribution in [-0.4, -0.2) is 23.5 Å². The number of nitrogens with two attached hydrogens (primary N) is 1. The number of nitrogens with one attached hydrogen (secondary N) is 2. The van der Waals surface area contributed by atoms with E-state index in [0.29, 0.717) is 34.9 Å². The minimum atomic E-state index is -0.547. The fourth-order valence-electron chi connectivity index (χ4n) is 3.31. The van der Waals surface area contributed by atoms with E-state index < -0.39 is 11.8 Å². The van der Waals surface area contributed by atoms with Gasteiger partial charge >= 0.3 is 0 Å². The van der Waals surface area contributed by atoms with Crippen LogP contribution in [0.25, 0.3) is 0 Å². The Balaban J connectivity index is 1.74. The molecule has 0 atom stereocenters. The van der Waals surface area contributed by atoms with Crippen molar-refractivity contribution in [2.24, 2.45) is 5.73 Å². The number of thiophene rings is 1. The van der Waals surface area contributed by atoms with Crippen LogP contribution in [0.4, 0.5) is 5.00 Å². The third-order valence-electron chi connectivity index (χ3n) is 5.04. The van der Waals surface area contributed by atoms with Crippen molar-refractivity contribution >= 4 is 45.5 Å². The zero-order valence-corrected chi connectivity index (χ0v) is 20.3. The van der Waals surface area contributed by atoms with Gasteiger partial charge < -0.3 is 15.8 Å². The van der Waals surface area contributed by atoms with E-state index in [4.69, 9.17) is 22.7 Å². The summed E-state index contributed by atoms with van der Waals surface area (Å²) in [5, 5.41) is 6.26. The van der Waals surface area contributed by atoms with E-state index in [1.807, 2.05) is 43.3 Å². The fraction of sp³-hybridized carbons (Fsp3) is 0.240. The Hall–Kier alpha value is -3.23. The largest absolute Gasteiger partial charge is 0.493 e. The number of benzene rings is 2. The standard InChI is InChI=1S/C25H27N3O3S2/c1-3-4-14-31-19-13-9-8-12-18(19)23(30)27-25(32)28-24-21(22(26)29)16(2)20(33-24)15-17-10-6-5-7-11-17/h5-13H,3-4,14-15H2,1-2H3,(H2,26,29)(H2,27,28,30,32). The van der Waals surface area contributed by atoms with Gasteiger partial charge in [-0.3, -0.25) is 14.9 Å². The Bertz CT molecular complexity index is 1140. The maximum atomic E-state index is 12.8. The topological polar surface area (TPSA) is 93.4 Å². The highest BCUT2D eigenvalue weighted by Crippen LogP contribution is 2.34. The maximum Gasteiger partial charge on any atom is 0.261 e. The highest BCUT2D eigenvalue weighted by molar-refractivity contribution is 7.80. The second kappa shape index (κ2) is 11.6. The molecule has 1 heterocycles. The van der Waals surface area contributed by atoms with Crippen LogP contribution in [0.2, 0.25) is 0 Å². The van der Waals surface area contributed by atoms with Gasteiger partial charge in [-0.15, -0.1) is 11.3 Å². The first-order valence-electron chi connectivity index (χ1n) is 10.7. The van der Waals surface area contributed by atoms with Crippen LogP contribution in [0.15, 0.2) is 54.6 Å². The predicted molar refractivity (Wildman–Crippen MR) is 137 cm³/mol. The number of para-hydroxylation sites is 1. The number of hydrogen-bond donors (Lipinski definition) is 3. The third kappa shape index (κ3) is 6.40. The molecule has 3 aromatic rings. The van der Waals surface area contributed by atoms with Crippen LogP contribution < -0.4 is 21.1 Å². The normalized spacial score (nSPS) is 10.5. The molecule has 0 aliphatic rings. The summed E-state index contributed by atoms with van der Waals surface area (Å²) in [6, 6.07) is 17.0. The van der Waals surface area contributed by atoms with Crippen molar-refractivity contribution in [3.63, 3.8) is 0 Å². The second-order valence-corrected chi connectivity index (χ2v) is 9.00. The highest BCUT2D eigenvalue weighted by Gasteiger charge is 2.21. The number of ether oxygens (including phenoxy) is 1. The number of amides is 2. The molecule has 2 aromatic carbocycles. The van der Waals surface area contributed by atoms with Gasteiger partial charge in [0.15, 0.2) is 5.11 Å². The molecule has 0 bridgehead atoms. The van der Waals surface area contributed by atoms with Crippen molar-refractivity contribution in [1.29, 1.82) is 0 Å². The predicted octanol–water partition coefficient (Wildman–Crippen LogP) is 5.05. The number of rotatable bonds is 9. The van der Waals surface area contributed by atoms with E-state index in [-0.39, 0.29) is 5.11 Å². The molecule has 0 unspecified atom stereocenters. The Morgan fingerprint density at radius 2 is 1.79 bits per heavy atom. The van der Waals surface area contributed by atoms with E-state index in [2.05, 4.69) is 17.6 Å². The summed E-state index contributed by atoms with van der Waals surface area (Å²) in [5.41, 5.74) is 8.35. The van der Waals surface area contributed by atoms with Crippen LogP contribution in [0.5, 0.6) is 5.75 Å². The molecule has 172 valence electrons. The third-order valence-corrected chi connectivity index (χ3v) is 6.45. The Morgan fingerprint density at radius 1 is 1.09 bits per heavy atom. The number of carbonyl (C=O) groups excluding carboxylic acids is 2. The highest BCUT2D eigenvalue weighted by atomic mass is 32.1. The molecule has 1 aromatic heterocycles. The van der Waals surface area contributed by atoms with Gasteiger partial charge in [0.1, 0.15) is 10.8 Å². The first-order valence-corrected chi connectivity index (χ1v) is 11.9. The molecule has 0 aliphatic carbocycles. The first kappa shape index (κ1) is 24.4. The number of thiocarbonyl (C=S) groups is 1. The second-order valence-electron chi connectivity index (χ2n) is 7.49. The number of anilines is 1.